The summed E-state index contributed by atoms with van der Waals surface area (Å²) in [7, 11) is 1.66. The molecule has 1 aromatic heterocycles. The summed E-state index contributed by atoms with van der Waals surface area (Å²) in [5.74, 6) is 2.77. The van der Waals surface area contributed by atoms with E-state index >= 15 is 0 Å². The first-order valence-corrected chi connectivity index (χ1v) is 5.82. The molecule has 0 radical (unpaired) electrons. The van der Waals surface area contributed by atoms with Crippen molar-refractivity contribution in [2.45, 2.75) is 17.6 Å². The van der Waals surface area contributed by atoms with Crippen molar-refractivity contribution in [3.05, 3.63) is 36.0 Å². The van der Waals surface area contributed by atoms with Crippen molar-refractivity contribution in [3.8, 4) is 5.75 Å². The summed E-state index contributed by atoms with van der Waals surface area (Å²) in [4.78, 5) is 1.12. The molecule has 0 unspecified atom stereocenters. The second-order valence-electron chi connectivity index (χ2n) is 3.18. The van der Waals surface area contributed by atoms with E-state index in [1.165, 1.54) is 0 Å². The van der Waals surface area contributed by atoms with Gasteiger partial charge in [-0.3, -0.25) is 0 Å². The number of benzene rings is 1. The van der Waals surface area contributed by atoms with Gasteiger partial charge in [0.15, 0.2) is 0 Å². The van der Waals surface area contributed by atoms with Crippen LogP contribution in [0.5, 0.6) is 5.75 Å². The molecule has 1 heterocycles. The number of methoxy groups -OCH3 is 1. The molecule has 84 valence electrons. The zero-order valence-corrected chi connectivity index (χ0v) is 9.95. The molecule has 0 spiro atoms. The van der Waals surface area contributed by atoms with Gasteiger partial charge >= 0.3 is 0 Å². The smallest absolute Gasteiger partial charge is 0.226 e. The van der Waals surface area contributed by atoms with Crippen molar-refractivity contribution in [2.75, 3.05) is 7.11 Å². The number of hydrogen-bond donors (Lipinski definition) is 0. The highest BCUT2D eigenvalue weighted by Crippen LogP contribution is 2.25. The van der Waals surface area contributed by atoms with Crippen LogP contribution in [0.2, 0.25) is 0 Å². The molecule has 0 saturated carbocycles. The Morgan fingerprint density at radius 3 is 2.94 bits per heavy atom. The fourth-order valence-electron chi connectivity index (χ4n) is 1.23. The predicted molar refractivity (Wildman–Crippen MR) is 61.6 cm³/mol. The number of thioether (sulfide) groups is 1. The highest BCUT2D eigenvalue weighted by atomic mass is 32.2. The minimum atomic E-state index is 0.598. The van der Waals surface area contributed by atoms with Crippen LogP contribution >= 0.6 is 11.8 Å². The maximum atomic E-state index is 5.29. The van der Waals surface area contributed by atoms with Gasteiger partial charge in [-0.05, 0) is 18.2 Å². The molecule has 0 fully saturated rings. The van der Waals surface area contributed by atoms with Gasteiger partial charge in [0.05, 0.1) is 12.9 Å². The van der Waals surface area contributed by atoms with Crippen LogP contribution in [0.4, 0.5) is 0 Å². The molecule has 0 amide bonds. The molecule has 0 atom stereocenters. The first kappa shape index (κ1) is 11.0. The lowest BCUT2D eigenvalue weighted by atomic mass is 10.3. The third-order valence-electron chi connectivity index (χ3n) is 1.97. The van der Waals surface area contributed by atoms with Gasteiger partial charge in [0, 0.05) is 11.8 Å². The van der Waals surface area contributed by atoms with Gasteiger partial charge in [-0.25, -0.2) is 0 Å². The van der Waals surface area contributed by atoms with Crippen molar-refractivity contribution in [1.82, 2.24) is 10.2 Å². The van der Waals surface area contributed by atoms with Crippen molar-refractivity contribution in [3.63, 3.8) is 0 Å². The molecular formula is C11H12N2O2S. The molecule has 1 aromatic carbocycles. The van der Waals surface area contributed by atoms with Crippen LogP contribution in [0.3, 0.4) is 0 Å². The predicted octanol–water partition coefficient (Wildman–Crippen LogP) is 2.68. The van der Waals surface area contributed by atoms with Crippen LogP contribution in [0.15, 0.2) is 33.6 Å². The Morgan fingerprint density at radius 2 is 2.25 bits per heavy atom. The van der Waals surface area contributed by atoms with E-state index in [2.05, 4.69) is 10.2 Å². The average molecular weight is 236 g/mol. The molecule has 0 saturated heterocycles. The van der Waals surface area contributed by atoms with Crippen LogP contribution < -0.4 is 4.74 Å². The van der Waals surface area contributed by atoms with Gasteiger partial charge in [-0.15, -0.1) is 22.0 Å². The Kier molecular flexibility index (Phi) is 3.46. The third-order valence-corrected chi connectivity index (χ3v) is 2.95. The number of aryl methyl sites for hydroxylation is 1. The lowest BCUT2D eigenvalue weighted by Gasteiger charge is -2.02. The first-order valence-electron chi connectivity index (χ1n) is 4.84. The highest BCUT2D eigenvalue weighted by Gasteiger charge is 2.03. The largest absolute Gasteiger partial charge is 0.497 e. The van der Waals surface area contributed by atoms with Crippen molar-refractivity contribution in [2.24, 2.45) is 0 Å². The van der Waals surface area contributed by atoms with E-state index in [-0.39, 0.29) is 0 Å². The minimum absolute atomic E-state index is 0.598. The maximum absolute atomic E-state index is 5.29. The van der Waals surface area contributed by atoms with Gasteiger partial charge in [-0.1, -0.05) is 6.07 Å². The summed E-state index contributed by atoms with van der Waals surface area (Å²) < 4.78 is 10.4. The Hall–Kier alpha value is -1.49. The zero-order valence-electron chi connectivity index (χ0n) is 9.14. The topological polar surface area (TPSA) is 48.2 Å². The normalized spacial score (nSPS) is 10.4. The van der Waals surface area contributed by atoms with Crippen molar-refractivity contribution in [1.29, 1.82) is 0 Å². The van der Waals surface area contributed by atoms with Gasteiger partial charge in [0.2, 0.25) is 11.8 Å². The summed E-state index contributed by atoms with van der Waals surface area (Å²) in [5, 5.41) is 7.71. The summed E-state index contributed by atoms with van der Waals surface area (Å²) in [6, 6.07) is 7.88. The van der Waals surface area contributed by atoms with Crippen LogP contribution in [-0.2, 0) is 5.75 Å². The Balaban J connectivity index is 1.99. The van der Waals surface area contributed by atoms with Crippen LogP contribution in [0.1, 0.15) is 11.8 Å². The fourth-order valence-corrected chi connectivity index (χ4v) is 2.01. The number of hydrogen-bond acceptors (Lipinski definition) is 5. The standard InChI is InChI=1S/C11H12N2O2S/c1-8-12-13-11(15-8)7-16-10-5-3-4-9(6-10)14-2/h3-6H,7H2,1-2H3. The molecule has 16 heavy (non-hydrogen) atoms. The number of nitrogens with zero attached hydrogens (tertiary/aromatic N) is 2. The average Bonchev–Trinajstić information content (AvgIpc) is 2.73. The van der Waals surface area contributed by atoms with Gasteiger partial charge in [0.25, 0.3) is 0 Å². The van der Waals surface area contributed by atoms with E-state index in [1.54, 1.807) is 25.8 Å². The SMILES string of the molecule is COc1cccc(SCc2nnc(C)o2)c1. The molecule has 0 aliphatic carbocycles. The molecule has 0 bridgehead atoms. The van der Waals surface area contributed by atoms with E-state index in [1.807, 2.05) is 24.3 Å². The van der Waals surface area contributed by atoms with E-state index in [0.29, 0.717) is 17.5 Å². The zero-order chi connectivity index (χ0) is 11.4. The summed E-state index contributed by atoms with van der Waals surface area (Å²) in [6.07, 6.45) is 0. The lowest BCUT2D eigenvalue weighted by Crippen LogP contribution is -1.83. The van der Waals surface area contributed by atoms with E-state index in [0.717, 1.165) is 10.6 Å². The van der Waals surface area contributed by atoms with Gasteiger partial charge in [0.1, 0.15) is 5.75 Å². The monoisotopic (exact) mass is 236 g/mol. The summed E-state index contributed by atoms with van der Waals surface area (Å²) in [5.41, 5.74) is 0. The maximum Gasteiger partial charge on any atom is 0.226 e. The summed E-state index contributed by atoms with van der Waals surface area (Å²) in [6.45, 7) is 1.78. The Bertz CT molecular complexity index is 471. The molecular weight excluding hydrogens is 224 g/mol. The van der Waals surface area contributed by atoms with Crippen molar-refractivity contribution < 1.29 is 9.15 Å². The molecule has 0 aliphatic heterocycles. The second kappa shape index (κ2) is 5.03. The fraction of sp³-hybridized carbons (Fsp3) is 0.273. The van der Waals surface area contributed by atoms with Crippen molar-refractivity contribution >= 4 is 11.8 Å². The van der Waals surface area contributed by atoms with Crippen LogP contribution in [-0.4, -0.2) is 17.3 Å². The third kappa shape index (κ3) is 2.76. The lowest BCUT2D eigenvalue weighted by molar-refractivity contribution is 0.413. The van der Waals surface area contributed by atoms with Gasteiger partial charge in [-0.2, -0.15) is 0 Å². The molecule has 4 nitrogen and oxygen atoms in total. The van der Waals surface area contributed by atoms with E-state index < -0.39 is 0 Å². The van der Waals surface area contributed by atoms with Crippen LogP contribution in [0.25, 0.3) is 0 Å². The second-order valence-corrected chi connectivity index (χ2v) is 4.23. The van der Waals surface area contributed by atoms with Gasteiger partial charge < -0.3 is 9.15 Å². The summed E-state index contributed by atoms with van der Waals surface area (Å²) >= 11 is 1.64. The number of aromatic nitrogens is 2. The first-order chi connectivity index (χ1) is 7.78. The Labute approximate surface area is 98.0 Å². The molecule has 5 heteroatoms. The molecule has 2 aromatic rings. The van der Waals surface area contributed by atoms with Crippen LogP contribution in [0, 0.1) is 6.92 Å². The Morgan fingerprint density at radius 1 is 1.38 bits per heavy atom. The number of ether oxygens (including phenoxy) is 1. The quantitative estimate of drug-likeness (QED) is 0.764. The minimum Gasteiger partial charge on any atom is -0.497 e. The van der Waals surface area contributed by atoms with E-state index in [9.17, 15) is 0 Å². The molecule has 2 rings (SSSR count). The van der Waals surface area contributed by atoms with E-state index in [4.69, 9.17) is 9.15 Å². The molecule has 0 N–H and O–H groups in total. The molecule has 0 aliphatic rings. The highest BCUT2D eigenvalue weighted by molar-refractivity contribution is 7.98. The number of rotatable bonds is 4.